The first-order valence-corrected chi connectivity index (χ1v) is 7.76. The molecule has 0 aliphatic rings. The standard InChI is InChI=1S/C17H19ClN2O4/c1-19(12-13-11-14(18)7-8-16(13)23-2)9-10-24-17-6-4-3-5-15(17)20(21)22/h3-8,11H,9-10,12H2,1-2H3. The summed E-state index contributed by atoms with van der Waals surface area (Å²) in [6.07, 6.45) is 0. The average molecular weight is 351 g/mol. The molecule has 0 aromatic heterocycles. The molecule has 24 heavy (non-hydrogen) atoms. The van der Waals surface area contributed by atoms with Crippen molar-refractivity contribution < 1.29 is 14.4 Å². The van der Waals surface area contributed by atoms with Crippen LogP contribution in [0, 0.1) is 10.1 Å². The first-order valence-electron chi connectivity index (χ1n) is 7.38. The van der Waals surface area contributed by atoms with E-state index in [0.29, 0.717) is 24.7 Å². The van der Waals surface area contributed by atoms with Gasteiger partial charge in [-0.05, 0) is 31.3 Å². The molecule has 0 heterocycles. The van der Waals surface area contributed by atoms with E-state index < -0.39 is 4.92 Å². The quantitative estimate of drug-likeness (QED) is 0.535. The molecule has 0 atom stereocenters. The molecule has 7 heteroatoms. The molecule has 0 saturated carbocycles. The van der Waals surface area contributed by atoms with Crippen LogP contribution in [0.15, 0.2) is 42.5 Å². The molecular formula is C17H19ClN2O4. The van der Waals surface area contributed by atoms with E-state index in [4.69, 9.17) is 21.1 Å². The molecule has 0 radical (unpaired) electrons. The lowest BCUT2D eigenvalue weighted by atomic mass is 10.2. The topological polar surface area (TPSA) is 64.8 Å². The Morgan fingerprint density at radius 2 is 1.96 bits per heavy atom. The minimum atomic E-state index is -0.449. The molecule has 0 aliphatic heterocycles. The van der Waals surface area contributed by atoms with Crippen molar-refractivity contribution in [1.29, 1.82) is 0 Å². The average Bonchev–Trinajstić information content (AvgIpc) is 2.55. The van der Waals surface area contributed by atoms with Crippen LogP contribution >= 0.6 is 11.6 Å². The summed E-state index contributed by atoms with van der Waals surface area (Å²) in [6.45, 7) is 1.57. The number of para-hydroxylation sites is 2. The predicted molar refractivity (Wildman–Crippen MR) is 92.9 cm³/mol. The van der Waals surface area contributed by atoms with Crippen LogP contribution in [0.5, 0.6) is 11.5 Å². The van der Waals surface area contributed by atoms with Crippen LogP contribution in [-0.2, 0) is 6.54 Å². The van der Waals surface area contributed by atoms with Gasteiger partial charge in [0.25, 0.3) is 0 Å². The fourth-order valence-electron chi connectivity index (χ4n) is 2.28. The van der Waals surface area contributed by atoms with Gasteiger partial charge in [-0.3, -0.25) is 15.0 Å². The van der Waals surface area contributed by atoms with Gasteiger partial charge in [-0.1, -0.05) is 23.7 Å². The van der Waals surface area contributed by atoms with Gasteiger partial charge in [-0.25, -0.2) is 0 Å². The zero-order valence-corrected chi connectivity index (χ0v) is 14.3. The molecule has 6 nitrogen and oxygen atoms in total. The monoisotopic (exact) mass is 350 g/mol. The second-order valence-corrected chi connectivity index (χ2v) is 5.70. The van der Waals surface area contributed by atoms with E-state index in [1.165, 1.54) is 6.07 Å². The van der Waals surface area contributed by atoms with Gasteiger partial charge in [0.05, 0.1) is 12.0 Å². The maximum Gasteiger partial charge on any atom is 0.310 e. The minimum absolute atomic E-state index is 0.0309. The molecule has 0 fully saturated rings. The number of ether oxygens (including phenoxy) is 2. The lowest BCUT2D eigenvalue weighted by molar-refractivity contribution is -0.385. The number of hydrogen-bond donors (Lipinski definition) is 0. The lowest BCUT2D eigenvalue weighted by Gasteiger charge is -2.18. The molecule has 0 spiro atoms. The van der Waals surface area contributed by atoms with E-state index in [9.17, 15) is 10.1 Å². The fraction of sp³-hybridized carbons (Fsp3) is 0.294. The summed E-state index contributed by atoms with van der Waals surface area (Å²) in [4.78, 5) is 12.5. The van der Waals surface area contributed by atoms with Crippen LogP contribution in [0.25, 0.3) is 0 Å². The van der Waals surface area contributed by atoms with Crippen LogP contribution in [-0.4, -0.2) is 37.1 Å². The van der Waals surface area contributed by atoms with Crippen LogP contribution in [0.2, 0.25) is 5.02 Å². The third kappa shape index (κ3) is 4.84. The molecule has 0 amide bonds. The van der Waals surface area contributed by atoms with Crippen molar-refractivity contribution in [2.45, 2.75) is 6.54 Å². The predicted octanol–water partition coefficient (Wildman–Crippen LogP) is 3.77. The second kappa shape index (κ2) is 8.52. The number of halogens is 1. The maximum absolute atomic E-state index is 11.0. The summed E-state index contributed by atoms with van der Waals surface area (Å²) in [6, 6.07) is 11.8. The summed E-state index contributed by atoms with van der Waals surface area (Å²) in [7, 11) is 3.55. The fourth-order valence-corrected chi connectivity index (χ4v) is 2.48. The van der Waals surface area contributed by atoms with Crippen molar-refractivity contribution >= 4 is 17.3 Å². The van der Waals surface area contributed by atoms with Crippen molar-refractivity contribution in [1.82, 2.24) is 4.90 Å². The highest BCUT2D eigenvalue weighted by Gasteiger charge is 2.14. The van der Waals surface area contributed by atoms with Crippen molar-refractivity contribution in [2.75, 3.05) is 27.3 Å². The number of nitro groups is 1. The zero-order valence-electron chi connectivity index (χ0n) is 13.6. The molecule has 0 unspecified atom stereocenters. The Labute approximate surface area is 145 Å². The highest BCUT2D eigenvalue weighted by molar-refractivity contribution is 6.30. The number of likely N-dealkylation sites (N-methyl/N-ethyl adjacent to an activating group) is 1. The summed E-state index contributed by atoms with van der Waals surface area (Å²) < 4.78 is 10.9. The Balaban J connectivity index is 1.91. The molecule has 0 bridgehead atoms. The maximum atomic E-state index is 11.0. The highest BCUT2D eigenvalue weighted by atomic mass is 35.5. The second-order valence-electron chi connectivity index (χ2n) is 5.27. The normalized spacial score (nSPS) is 10.7. The van der Waals surface area contributed by atoms with Crippen LogP contribution < -0.4 is 9.47 Å². The Bertz CT molecular complexity index is 709. The van der Waals surface area contributed by atoms with Crippen molar-refractivity contribution in [3.8, 4) is 11.5 Å². The largest absolute Gasteiger partial charge is 0.496 e. The number of hydrogen-bond acceptors (Lipinski definition) is 5. The van der Waals surface area contributed by atoms with E-state index in [2.05, 4.69) is 0 Å². The molecule has 2 aromatic carbocycles. The Morgan fingerprint density at radius 1 is 1.21 bits per heavy atom. The summed E-state index contributed by atoms with van der Waals surface area (Å²) in [5, 5.41) is 11.6. The van der Waals surface area contributed by atoms with E-state index in [-0.39, 0.29) is 11.4 Å². The highest BCUT2D eigenvalue weighted by Crippen LogP contribution is 2.26. The Kier molecular flexibility index (Phi) is 6.40. The molecule has 2 aromatic rings. The minimum Gasteiger partial charge on any atom is -0.496 e. The SMILES string of the molecule is COc1ccc(Cl)cc1CN(C)CCOc1ccccc1[N+](=O)[O-]. The third-order valence-electron chi connectivity index (χ3n) is 3.48. The smallest absolute Gasteiger partial charge is 0.310 e. The van der Waals surface area contributed by atoms with Gasteiger partial charge in [0.1, 0.15) is 12.4 Å². The molecule has 0 aliphatic carbocycles. The number of methoxy groups -OCH3 is 1. The number of nitro benzene ring substituents is 1. The van der Waals surface area contributed by atoms with Crippen molar-refractivity contribution in [2.24, 2.45) is 0 Å². The Hall–Kier alpha value is -2.31. The van der Waals surface area contributed by atoms with E-state index >= 15 is 0 Å². The molecular weight excluding hydrogens is 332 g/mol. The third-order valence-corrected chi connectivity index (χ3v) is 3.71. The van der Waals surface area contributed by atoms with Gasteiger partial charge < -0.3 is 9.47 Å². The van der Waals surface area contributed by atoms with Crippen LogP contribution in [0.1, 0.15) is 5.56 Å². The van der Waals surface area contributed by atoms with Crippen molar-refractivity contribution in [3.05, 3.63) is 63.2 Å². The first-order chi connectivity index (χ1) is 11.5. The van der Waals surface area contributed by atoms with E-state index in [0.717, 1.165) is 11.3 Å². The molecule has 2 rings (SSSR count). The number of nitrogens with zero attached hydrogens (tertiary/aromatic N) is 2. The number of rotatable bonds is 8. The van der Waals surface area contributed by atoms with Crippen LogP contribution in [0.4, 0.5) is 5.69 Å². The van der Waals surface area contributed by atoms with Crippen molar-refractivity contribution in [3.63, 3.8) is 0 Å². The van der Waals surface area contributed by atoms with Crippen LogP contribution in [0.3, 0.4) is 0 Å². The lowest BCUT2D eigenvalue weighted by Crippen LogP contribution is -2.24. The molecule has 0 saturated heterocycles. The summed E-state index contributed by atoms with van der Waals surface area (Å²) >= 11 is 6.03. The summed E-state index contributed by atoms with van der Waals surface area (Å²) in [5.41, 5.74) is 0.940. The van der Waals surface area contributed by atoms with Gasteiger partial charge in [0.2, 0.25) is 0 Å². The van der Waals surface area contributed by atoms with Gasteiger partial charge >= 0.3 is 5.69 Å². The first kappa shape index (κ1) is 18.0. The van der Waals surface area contributed by atoms with Gasteiger partial charge in [0, 0.05) is 29.7 Å². The van der Waals surface area contributed by atoms with Gasteiger partial charge in [-0.15, -0.1) is 0 Å². The van der Waals surface area contributed by atoms with E-state index in [1.807, 2.05) is 24.1 Å². The summed E-state index contributed by atoms with van der Waals surface area (Å²) in [5.74, 6) is 1.04. The van der Waals surface area contributed by atoms with Gasteiger partial charge in [-0.2, -0.15) is 0 Å². The number of benzene rings is 2. The zero-order chi connectivity index (χ0) is 17.5. The Morgan fingerprint density at radius 3 is 2.67 bits per heavy atom. The van der Waals surface area contributed by atoms with Gasteiger partial charge in [0.15, 0.2) is 5.75 Å². The molecule has 128 valence electrons. The molecule has 0 N–H and O–H groups in total. The van der Waals surface area contributed by atoms with E-state index in [1.54, 1.807) is 31.4 Å².